The fourth-order valence-corrected chi connectivity index (χ4v) is 1.04. The van der Waals surface area contributed by atoms with Crippen LogP contribution in [-0.4, -0.2) is 18.2 Å². The topological polar surface area (TPSA) is 35.5 Å². The van der Waals surface area contributed by atoms with E-state index in [0.29, 0.717) is 5.56 Å². The smallest absolute Gasteiger partial charge is 0.404 e. The standard InChI is InChI=1S/C10H8ClF3O3/c11-10(15)16-5-6-1-3-7(4-2-6)17-9(14)8(12)13/h1-4,8-9H,5H2. The number of benzene rings is 1. The number of hydrogen-bond acceptors (Lipinski definition) is 3. The lowest BCUT2D eigenvalue weighted by atomic mass is 10.2. The van der Waals surface area contributed by atoms with Gasteiger partial charge in [-0.25, -0.2) is 13.6 Å². The second-order valence-electron chi connectivity index (χ2n) is 2.97. The van der Waals surface area contributed by atoms with E-state index >= 15 is 0 Å². The summed E-state index contributed by atoms with van der Waals surface area (Å²) in [4.78, 5) is 10.3. The van der Waals surface area contributed by atoms with Gasteiger partial charge in [0.05, 0.1) is 0 Å². The van der Waals surface area contributed by atoms with Crippen LogP contribution in [-0.2, 0) is 11.3 Å². The number of alkyl halides is 3. The maximum atomic E-state index is 12.5. The molecule has 7 heteroatoms. The van der Waals surface area contributed by atoms with Gasteiger partial charge in [0.1, 0.15) is 12.4 Å². The van der Waals surface area contributed by atoms with Gasteiger partial charge in [0.25, 0.3) is 6.36 Å². The van der Waals surface area contributed by atoms with E-state index in [2.05, 4.69) is 9.47 Å². The van der Waals surface area contributed by atoms with E-state index in [1.807, 2.05) is 0 Å². The molecule has 0 aromatic heterocycles. The fraction of sp³-hybridized carbons (Fsp3) is 0.300. The summed E-state index contributed by atoms with van der Waals surface area (Å²) in [5, 5.41) is 0. The fourth-order valence-electron chi connectivity index (χ4n) is 0.986. The van der Waals surface area contributed by atoms with Gasteiger partial charge in [-0.05, 0) is 17.7 Å². The van der Waals surface area contributed by atoms with E-state index in [-0.39, 0.29) is 12.4 Å². The molecule has 1 unspecified atom stereocenters. The molecule has 94 valence electrons. The second kappa shape index (κ2) is 6.34. The zero-order chi connectivity index (χ0) is 12.8. The minimum Gasteiger partial charge on any atom is -0.454 e. The highest BCUT2D eigenvalue weighted by molar-refractivity contribution is 6.61. The van der Waals surface area contributed by atoms with Gasteiger partial charge < -0.3 is 9.47 Å². The van der Waals surface area contributed by atoms with Crippen LogP contribution in [0.1, 0.15) is 5.56 Å². The minimum atomic E-state index is -3.20. The number of hydrogen-bond donors (Lipinski definition) is 0. The summed E-state index contributed by atoms with van der Waals surface area (Å²) in [7, 11) is 0. The van der Waals surface area contributed by atoms with E-state index in [1.165, 1.54) is 24.3 Å². The Labute approximate surface area is 100 Å². The van der Waals surface area contributed by atoms with Crippen LogP contribution in [0.25, 0.3) is 0 Å². The number of carbonyl (C=O) groups is 1. The second-order valence-corrected chi connectivity index (χ2v) is 3.28. The molecule has 0 spiro atoms. The molecule has 1 aromatic rings. The van der Waals surface area contributed by atoms with Crippen molar-refractivity contribution in [1.29, 1.82) is 0 Å². The maximum absolute atomic E-state index is 12.5. The van der Waals surface area contributed by atoms with Crippen molar-refractivity contribution >= 4 is 17.0 Å². The number of carbonyl (C=O) groups excluding carboxylic acids is 1. The molecule has 0 saturated carbocycles. The Morgan fingerprint density at radius 1 is 1.24 bits per heavy atom. The summed E-state index contributed by atoms with van der Waals surface area (Å²) in [6.07, 6.45) is -5.87. The van der Waals surface area contributed by atoms with E-state index in [9.17, 15) is 18.0 Å². The predicted octanol–water partition coefficient (Wildman–Crippen LogP) is 3.50. The Bertz CT molecular complexity index is 370. The van der Waals surface area contributed by atoms with Crippen molar-refractivity contribution in [2.24, 2.45) is 0 Å². The predicted molar refractivity (Wildman–Crippen MR) is 54.0 cm³/mol. The van der Waals surface area contributed by atoms with Crippen molar-refractivity contribution < 1.29 is 27.4 Å². The summed E-state index contributed by atoms with van der Waals surface area (Å²) >= 11 is 4.94. The first-order chi connectivity index (χ1) is 7.99. The Kier molecular flexibility index (Phi) is 5.09. The SMILES string of the molecule is O=C(Cl)OCc1ccc(OC(F)C(F)F)cc1. The molecule has 0 aliphatic rings. The molecule has 0 aliphatic heterocycles. The quantitative estimate of drug-likeness (QED) is 0.767. The minimum absolute atomic E-state index is 0.0428. The lowest BCUT2D eigenvalue weighted by molar-refractivity contribution is -0.0669. The van der Waals surface area contributed by atoms with Crippen LogP contribution >= 0.6 is 11.6 Å². The zero-order valence-electron chi connectivity index (χ0n) is 8.41. The average Bonchev–Trinajstić information content (AvgIpc) is 2.28. The highest BCUT2D eigenvalue weighted by Crippen LogP contribution is 2.17. The molecular formula is C10H8ClF3O3. The maximum Gasteiger partial charge on any atom is 0.404 e. The first kappa shape index (κ1) is 13.6. The summed E-state index contributed by atoms with van der Waals surface area (Å²) < 4.78 is 45.0. The van der Waals surface area contributed by atoms with Gasteiger partial charge in [-0.3, -0.25) is 0 Å². The van der Waals surface area contributed by atoms with Crippen molar-refractivity contribution in [1.82, 2.24) is 0 Å². The van der Waals surface area contributed by atoms with Gasteiger partial charge in [-0.15, -0.1) is 0 Å². The summed E-state index contributed by atoms with van der Waals surface area (Å²) in [5.41, 5.74) is -0.384. The number of halogens is 4. The summed E-state index contributed by atoms with van der Waals surface area (Å²) in [5.74, 6) is -0.0428. The van der Waals surface area contributed by atoms with Gasteiger partial charge in [0.2, 0.25) is 0 Å². The Hall–Kier alpha value is -1.43. The van der Waals surface area contributed by atoms with Gasteiger partial charge in [-0.2, -0.15) is 4.39 Å². The third-order valence-electron chi connectivity index (χ3n) is 1.72. The van der Waals surface area contributed by atoms with Crippen LogP contribution in [0.3, 0.4) is 0 Å². The highest BCUT2D eigenvalue weighted by Gasteiger charge is 2.20. The first-order valence-corrected chi connectivity index (χ1v) is 4.87. The summed E-state index contributed by atoms with van der Waals surface area (Å²) in [6, 6.07) is 5.44. The molecule has 0 aliphatic carbocycles. The molecule has 3 nitrogen and oxygen atoms in total. The highest BCUT2D eigenvalue weighted by atomic mass is 35.5. The van der Waals surface area contributed by atoms with Crippen molar-refractivity contribution in [2.75, 3.05) is 0 Å². The molecule has 0 bridgehead atoms. The van der Waals surface area contributed by atoms with Crippen molar-refractivity contribution in [2.45, 2.75) is 19.4 Å². The van der Waals surface area contributed by atoms with Gasteiger partial charge in [-0.1, -0.05) is 12.1 Å². The van der Waals surface area contributed by atoms with E-state index in [1.54, 1.807) is 0 Å². The molecule has 0 N–H and O–H groups in total. The van der Waals surface area contributed by atoms with Gasteiger partial charge in [0.15, 0.2) is 0 Å². The van der Waals surface area contributed by atoms with Gasteiger partial charge >= 0.3 is 11.9 Å². The monoisotopic (exact) mass is 268 g/mol. The van der Waals surface area contributed by atoms with Crippen molar-refractivity contribution in [3.05, 3.63) is 29.8 Å². The van der Waals surface area contributed by atoms with Crippen LogP contribution in [0.2, 0.25) is 0 Å². The van der Waals surface area contributed by atoms with Crippen molar-refractivity contribution in [3.8, 4) is 5.75 Å². The first-order valence-electron chi connectivity index (χ1n) is 4.49. The Balaban J connectivity index is 2.53. The van der Waals surface area contributed by atoms with Crippen LogP contribution < -0.4 is 4.74 Å². The number of ether oxygens (including phenoxy) is 2. The lowest BCUT2D eigenvalue weighted by Crippen LogP contribution is -2.19. The van der Waals surface area contributed by atoms with Crippen LogP contribution in [0.15, 0.2) is 24.3 Å². The van der Waals surface area contributed by atoms with E-state index < -0.39 is 18.2 Å². The third kappa shape index (κ3) is 4.95. The third-order valence-corrected chi connectivity index (χ3v) is 1.83. The normalized spacial score (nSPS) is 12.3. The molecule has 0 heterocycles. The van der Waals surface area contributed by atoms with Crippen LogP contribution in [0, 0.1) is 0 Å². The van der Waals surface area contributed by atoms with Crippen molar-refractivity contribution in [3.63, 3.8) is 0 Å². The average molecular weight is 269 g/mol. The Morgan fingerprint density at radius 3 is 2.29 bits per heavy atom. The molecule has 17 heavy (non-hydrogen) atoms. The Morgan fingerprint density at radius 2 is 1.82 bits per heavy atom. The van der Waals surface area contributed by atoms with Crippen LogP contribution in [0.5, 0.6) is 5.75 Å². The molecule has 1 atom stereocenters. The molecule has 0 radical (unpaired) electrons. The lowest BCUT2D eigenvalue weighted by Gasteiger charge is -2.10. The van der Waals surface area contributed by atoms with E-state index in [4.69, 9.17) is 11.6 Å². The van der Waals surface area contributed by atoms with Gasteiger partial charge in [0, 0.05) is 11.6 Å². The summed E-state index contributed by atoms with van der Waals surface area (Å²) in [6.45, 7) is -0.0590. The molecule has 1 aromatic carbocycles. The molecule has 1 rings (SSSR count). The largest absolute Gasteiger partial charge is 0.454 e. The molecule has 0 fully saturated rings. The zero-order valence-corrected chi connectivity index (χ0v) is 9.16. The van der Waals surface area contributed by atoms with Crippen LogP contribution in [0.4, 0.5) is 18.0 Å². The molecule has 0 amide bonds. The molecule has 0 saturated heterocycles. The molecular weight excluding hydrogens is 261 g/mol. The van der Waals surface area contributed by atoms with E-state index in [0.717, 1.165) is 0 Å². The number of rotatable bonds is 5.